The van der Waals surface area contributed by atoms with E-state index in [0.717, 1.165) is 12.2 Å². The quantitative estimate of drug-likeness (QED) is 0.381. The van der Waals surface area contributed by atoms with Crippen molar-refractivity contribution in [2.24, 2.45) is 0 Å². The lowest BCUT2D eigenvalue weighted by Gasteiger charge is -2.44. The molecular formula is C32H41N2P. The number of fused-ring (bicyclic) bond motifs is 4. The monoisotopic (exact) mass is 484 g/mol. The maximum Gasteiger partial charge on any atom is 0.0623 e. The molecule has 1 spiro atoms. The van der Waals surface area contributed by atoms with E-state index in [1.807, 2.05) is 12.3 Å². The Morgan fingerprint density at radius 1 is 0.829 bits per heavy atom. The fourth-order valence-electron chi connectivity index (χ4n) is 7.11. The Hall–Kier alpha value is -2.18. The van der Waals surface area contributed by atoms with Crippen LogP contribution in [-0.2, 0) is 24.8 Å². The molecule has 0 saturated heterocycles. The van der Waals surface area contributed by atoms with Crippen LogP contribution in [0.4, 0.5) is 5.69 Å². The second-order valence-electron chi connectivity index (χ2n) is 12.5. The summed E-state index contributed by atoms with van der Waals surface area (Å²) >= 11 is 0. The van der Waals surface area contributed by atoms with E-state index in [4.69, 9.17) is 0 Å². The molecular weight excluding hydrogens is 443 g/mol. The summed E-state index contributed by atoms with van der Waals surface area (Å²) in [5.41, 5.74) is 10.2. The van der Waals surface area contributed by atoms with Gasteiger partial charge in [0.2, 0.25) is 0 Å². The molecule has 1 atom stereocenters. The smallest absolute Gasteiger partial charge is 0.0623 e. The molecule has 2 aliphatic carbocycles. The lowest BCUT2D eigenvalue weighted by atomic mass is 9.76. The Morgan fingerprint density at radius 2 is 1.46 bits per heavy atom. The van der Waals surface area contributed by atoms with Crippen LogP contribution >= 0.6 is 7.92 Å². The third-order valence-electron chi connectivity index (χ3n) is 8.03. The predicted octanol–water partition coefficient (Wildman–Crippen LogP) is 7.88. The Kier molecular flexibility index (Phi) is 6.12. The van der Waals surface area contributed by atoms with Crippen LogP contribution in [0.2, 0.25) is 0 Å². The van der Waals surface area contributed by atoms with Crippen LogP contribution in [0.1, 0.15) is 87.9 Å². The summed E-state index contributed by atoms with van der Waals surface area (Å²) in [6.45, 7) is 17.6. The van der Waals surface area contributed by atoms with E-state index in [9.17, 15) is 0 Å². The molecule has 5 rings (SSSR count). The van der Waals surface area contributed by atoms with Crippen molar-refractivity contribution < 1.29 is 0 Å². The Bertz CT molecular complexity index is 1230. The van der Waals surface area contributed by atoms with Gasteiger partial charge in [-0.3, -0.25) is 4.98 Å². The molecule has 0 saturated carbocycles. The molecule has 0 radical (unpaired) electrons. The van der Waals surface area contributed by atoms with Gasteiger partial charge in [-0.05, 0) is 88.2 Å². The standard InChI is InChI=1S/C32H41N2P/c1-22-11-10-20-33-26(22)21-34-25-14-8-12-23-16-18-32(28(23)25)19-17-24-13-9-15-27(29(24)32)35(30(2,3)4)31(5,6)7/h8-15,20,34H,16-19,21H2,1-7H3/t32-/m1/s1. The molecule has 2 nitrogen and oxygen atoms in total. The fourth-order valence-corrected chi connectivity index (χ4v) is 11.4. The van der Waals surface area contributed by atoms with Crippen LogP contribution in [0, 0.1) is 6.92 Å². The number of nitrogens with zero attached hydrogens (tertiary/aromatic N) is 1. The van der Waals surface area contributed by atoms with E-state index in [0.29, 0.717) is 0 Å². The van der Waals surface area contributed by atoms with Gasteiger partial charge in [0.05, 0.1) is 12.2 Å². The van der Waals surface area contributed by atoms with Crippen LogP contribution in [0.15, 0.2) is 54.7 Å². The number of hydrogen-bond acceptors (Lipinski definition) is 2. The first-order valence-electron chi connectivity index (χ1n) is 13.2. The normalized spacial score (nSPS) is 19.3. The van der Waals surface area contributed by atoms with Gasteiger partial charge in [-0.15, -0.1) is 0 Å². The van der Waals surface area contributed by atoms with Crippen LogP contribution in [0.5, 0.6) is 0 Å². The van der Waals surface area contributed by atoms with Crippen molar-refractivity contribution in [1.82, 2.24) is 4.98 Å². The molecule has 184 valence electrons. The van der Waals surface area contributed by atoms with E-state index in [2.05, 4.69) is 101 Å². The topological polar surface area (TPSA) is 24.9 Å². The molecule has 1 N–H and O–H groups in total. The van der Waals surface area contributed by atoms with Crippen LogP contribution in [0.3, 0.4) is 0 Å². The lowest BCUT2D eigenvalue weighted by molar-refractivity contribution is 0.510. The number of aryl methyl sites for hydroxylation is 3. The third kappa shape index (κ3) is 4.23. The molecule has 1 aromatic heterocycles. The van der Waals surface area contributed by atoms with Gasteiger partial charge in [-0.1, -0.05) is 85.9 Å². The molecule has 3 aromatic rings. The lowest BCUT2D eigenvalue weighted by Crippen LogP contribution is -2.36. The highest BCUT2D eigenvalue weighted by Gasteiger charge is 2.49. The van der Waals surface area contributed by atoms with Crippen LogP contribution in [-0.4, -0.2) is 15.3 Å². The number of pyridine rings is 1. The highest BCUT2D eigenvalue weighted by molar-refractivity contribution is 7.68. The summed E-state index contributed by atoms with van der Waals surface area (Å²) in [6, 6.07) is 18.3. The number of nitrogens with one attached hydrogen (secondary N) is 1. The van der Waals surface area contributed by atoms with E-state index in [-0.39, 0.29) is 23.6 Å². The third-order valence-corrected chi connectivity index (χ3v) is 11.6. The van der Waals surface area contributed by atoms with Crippen molar-refractivity contribution in [2.45, 2.75) is 96.4 Å². The number of rotatable bonds is 4. The number of benzene rings is 2. The van der Waals surface area contributed by atoms with Gasteiger partial charge in [-0.25, -0.2) is 0 Å². The molecule has 35 heavy (non-hydrogen) atoms. The average molecular weight is 485 g/mol. The van der Waals surface area contributed by atoms with E-state index in [1.54, 1.807) is 22.0 Å². The largest absolute Gasteiger partial charge is 0.379 e. The Balaban J connectivity index is 1.64. The van der Waals surface area contributed by atoms with Gasteiger partial charge in [-0.2, -0.15) is 0 Å². The zero-order chi connectivity index (χ0) is 25.0. The van der Waals surface area contributed by atoms with Crippen molar-refractivity contribution in [3.05, 3.63) is 88.2 Å². The molecule has 0 fully saturated rings. The summed E-state index contributed by atoms with van der Waals surface area (Å²) in [6.07, 6.45) is 6.72. The van der Waals surface area contributed by atoms with Crippen LogP contribution < -0.4 is 10.6 Å². The van der Waals surface area contributed by atoms with Crippen molar-refractivity contribution >= 4 is 18.9 Å². The van der Waals surface area contributed by atoms with Gasteiger partial charge in [0.25, 0.3) is 0 Å². The SMILES string of the molecule is Cc1cccnc1CNc1cccc2c1[C@@]1(CC2)CCc2cccc(P(C(C)(C)C)C(C)(C)C)c21. The molecule has 0 unspecified atom stereocenters. The maximum atomic E-state index is 4.64. The van der Waals surface area contributed by atoms with Crippen molar-refractivity contribution in [3.63, 3.8) is 0 Å². The van der Waals surface area contributed by atoms with Crippen molar-refractivity contribution in [1.29, 1.82) is 0 Å². The first-order valence-corrected chi connectivity index (χ1v) is 14.6. The molecule has 0 bridgehead atoms. The fraction of sp³-hybridized carbons (Fsp3) is 0.469. The summed E-state index contributed by atoms with van der Waals surface area (Å²) in [5, 5.41) is 5.99. The number of anilines is 1. The second kappa shape index (κ2) is 8.74. The minimum atomic E-state index is -0.360. The molecule has 0 aliphatic heterocycles. The maximum absolute atomic E-state index is 4.64. The molecule has 1 heterocycles. The summed E-state index contributed by atoms with van der Waals surface area (Å²) in [4.78, 5) is 4.64. The highest BCUT2D eigenvalue weighted by atomic mass is 31.1. The van der Waals surface area contributed by atoms with Gasteiger partial charge < -0.3 is 5.32 Å². The first-order chi connectivity index (χ1) is 16.5. The minimum Gasteiger partial charge on any atom is -0.379 e. The van der Waals surface area contributed by atoms with E-state index < -0.39 is 0 Å². The Morgan fingerprint density at radius 3 is 2.09 bits per heavy atom. The van der Waals surface area contributed by atoms with Gasteiger partial charge in [0, 0.05) is 17.3 Å². The predicted molar refractivity (Wildman–Crippen MR) is 153 cm³/mol. The number of aromatic nitrogens is 1. The first kappa shape index (κ1) is 24.5. The zero-order valence-corrected chi connectivity index (χ0v) is 23.5. The Labute approximate surface area is 213 Å². The second-order valence-corrected chi connectivity index (χ2v) is 16.4. The summed E-state index contributed by atoms with van der Waals surface area (Å²) in [5.74, 6) is 0. The van der Waals surface area contributed by atoms with E-state index >= 15 is 0 Å². The number of hydrogen-bond donors (Lipinski definition) is 1. The van der Waals surface area contributed by atoms with Gasteiger partial charge in [0.15, 0.2) is 0 Å². The highest BCUT2D eigenvalue weighted by Crippen LogP contribution is 2.62. The summed E-state index contributed by atoms with van der Waals surface area (Å²) in [7, 11) is -0.360. The molecule has 3 heteroatoms. The van der Waals surface area contributed by atoms with Crippen molar-refractivity contribution in [2.75, 3.05) is 5.32 Å². The molecule has 0 amide bonds. The minimum absolute atomic E-state index is 0.126. The zero-order valence-electron chi connectivity index (χ0n) is 22.6. The molecule has 2 aliphatic rings. The van der Waals surface area contributed by atoms with Crippen molar-refractivity contribution in [3.8, 4) is 0 Å². The van der Waals surface area contributed by atoms with Gasteiger partial charge in [0.1, 0.15) is 0 Å². The van der Waals surface area contributed by atoms with Crippen LogP contribution in [0.25, 0.3) is 0 Å². The van der Waals surface area contributed by atoms with Gasteiger partial charge >= 0.3 is 0 Å². The summed E-state index contributed by atoms with van der Waals surface area (Å²) < 4.78 is 0. The average Bonchev–Trinajstić information content (AvgIpc) is 3.34. The molecule has 2 aromatic carbocycles. The van der Waals surface area contributed by atoms with E-state index in [1.165, 1.54) is 42.5 Å².